The molecule has 1 aromatic carbocycles. The molecule has 1 amide bonds. The summed E-state index contributed by atoms with van der Waals surface area (Å²) in [5.74, 6) is 0.638. The fraction of sp³-hybridized carbons (Fsp3) is 0.500. The molecule has 1 saturated heterocycles. The van der Waals surface area contributed by atoms with Crippen LogP contribution in [0.1, 0.15) is 13.8 Å². The van der Waals surface area contributed by atoms with E-state index in [0.29, 0.717) is 10.8 Å². The van der Waals surface area contributed by atoms with Gasteiger partial charge in [0.2, 0.25) is 0 Å². The van der Waals surface area contributed by atoms with Crippen LogP contribution in [-0.4, -0.2) is 42.6 Å². The Labute approximate surface area is 132 Å². The molecule has 2 rings (SSSR count). The van der Waals surface area contributed by atoms with Crippen molar-refractivity contribution in [2.45, 2.75) is 26.0 Å². The molecule has 20 heavy (non-hydrogen) atoms. The van der Waals surface area contributed by atoms with E-state index in [1.54, 1.807) is 25.1 Å². The minimum atomic E-state index is -0.520. The Morgan fingerprint density at radius 1 is 1.60 bits per heavy atom. The summed E-state index contributed by atoms with van der Waals surface area (Å²) in [5.41, 5.74) is 0. The fourth-order valence-electron chi connectivity index (χ4n) is 2.21. The van der Waals surface area contributed by atoms with Crippen LogP contribution in [0.25, 0.3) is 0 Å². The van der Waals surface area contributed by atoms with E-state index in [9.17, 15) is 4.79 Å². The largest absolute Gasteiger partial charge is 0.480 e. The maximum atomic E-state index is 12.4. The number of amides is 1. The van der Waals surface area contributed by atoms with Crippen molar-refractivity contribution in [1.29, 1.82) is 0 Å². The van der Waals surface area contributed by atoms with E-state index in [2.05, 4.69) is 21.2 Å². The van der Waals surface area contributed by atoms with E-state index in [-0.39, 0.29) is 11.9 Å². The number of nitrogens with one attached hydrogen (secondary N) is 1. The molecule has 1 unspecified atom stereocenters. The van der Waals surface area contributed by atoms with E-state index in [4.69, 9.17) is 16.3 Å². The third kappa shape index (κ3) is 3.65. The number of carbonyl (C=O) groups is 1. The normalized spacial score (nSPS) is 20.6. The molecule has 0 bridgehead atoms. The quantitative estimate of drug-likeness (QED) is 0.900. The van der Waals surface area contributed by atoms with Crippen LogP contribution in [0.4, 0.5) is 0 Å². The standard InChI is InChI=1S/C14H18BrClN2O2/c1-9-8-17-5-6-18(9)14(19)10(2)20-13-4-3-11(16)7-12(13)15/h3-4,7,9-10,17H,5-6,8H2,1-2H3/t9-,10?/m0/s1. The van der Waals surface area contributed by atoms with Crippen LogP contribution in [0.5, 0.6) is 5.75 Å². The first-order valence-electron chi connectivity index (χ1n) is 6.62. The third-order valence-electron chi connectivity index (χ3n) is 3.33. The molecule has 0 spiro atoms. The summed E-state index contributed by atoms with van der Waals surface area (Å²) in [4.78, 5) is 14.3. The summed E-state index contributed by atoms with van der Waals surface area (Å²) in [5, 5.41) is 3.89. The average Bonchev–Trinajstić information content (AvgIpc) is 2.41. The lowest BCUT2D eigenvalue weighted by Gasteiger charge is -2.35. The number of ether oxygens (including phenoxy) is 1. The zero-order valence-corrected chi connectivity index (χ0v) is 13.9. The molecule has 1 aliphatic rings. The summed E-state index contributed by atoms with van der Waals surface area (Å²) in [6.07, 6.45) is -0.520. The van der Waals surface area contributed by atoms with Gasteiger partial charge in [-0.15, -0.1) is 0 Å². The highest BCUT2D eigenvalue weighted by Gasteiger charge is 2.28. The third-order valence-corrected chi connectivity index (χ3v) is 4.18. The molecular formula is C14H18BrClN2O2. The molecule has 2 atom stereocenters. The zero-order chi connectivity index (χ0) is 14.7. The molecule has 6 heteroatoms. The highest BCUT2D eigenvalue weighted by molar-refractivity contribution is 9.10. The molecule has 1 fully saturated rings. The lowest BCUT2D eigenvalue weighted by Crippen LogP contribution is -2.55. The maximum absolute atomic E-state index is 12.4. The Bertz CT molecular complexity index is 498. The molecule has 1 aromatic rings. The van der Waals surface area contributed by atoms with Crippen LogP contribution in [0, 0.1) is 0 Å². The van der Waals surface area contributed by atoms with Crippen LogP contribution in [0.15, 0.2) is 22.7 Å². The fourth-order valence-corrected chi connectivity index (χ4v) is 2.99. The Balaban J connectivity index is 2.03. The molecule has 0 saturated carbocycles. The predicted octanol–water partition coefficient (Wildman–Crippen LogP) is 2.69. The van der Waals surface area contributed by atoms with Crippen LogP contribution >= 0.6 is 27.5 Å². The Hall–Kier alpha value is -0.780. The van der Waals surface area contributed by atoms with Crippen LogP contribution in [0.2, 0.25) is 5.02 Å². The highest BCUT2D eigenvalue weighted by Crippen LogP contribution is 2.29. The van der Waals surface area contributed by atoms with E-state index in [0.717, 1.165) is 24.1 Å². The summed E-state index contributed by atoms with van der Waals surface area (Å²) < 4.78 is 6.49. The summed E-state index contributed by atoms with van der Waals surface area (Å²) in [6.45, 7) is 6.18. The van der Waals surface area contributed by atoms with Crippen molar-refractivity contribution < 1.29 is 9.53 Å². The molecule has 0 radical (unpaired) electrons. The number of carbonyl (C=O) groups excluding carboxylic acids is 1. The minimum Gasteiger partial charge on any atom is -0.480 e. The number of nitrogens with zero attached hydrogens (tertiary/aromatic N) is 1. The van der Waals surface area contributed by atoms with Gasteiger partial charge in [-0.1, -0.05) is 11.6 Å². The molecular weight excluding hydrogens is 344 g/mol. The average molecular weight is 362 g/mol. The smallest absolute Gasteiger partial charge is 0.263 e. The van der Waals surface area contributed by atoms with Gasteiger partial charge in [-0.25, -0.2) is 0 Å². The van der Waals surface area contributed by atoms with Gasteiger partial charge in [0.15, 0.2) is 6.10 Å². The molecule has 0 aliphatic carbocycles. The monoisotopic (exact) mass is 360 g/mol. The van der Waals surface area contributed by atoms with Crippen molar-refractivity contribution >= 4 is 33.4 Å². The number of rotatable bonds is 3. The predicted molar refractivity (Wildman–Crippen MR) is 83.3 cm³/mol. The van der Waals surface area contributed by atoms with Crippen molar-refractivity contribution in [1.82, 2.24) is 10.2 Å². The SMILES string of the molecule is CC(Oc1ccc(Cl)cc1Br)C(=O)N1CCNC[C@@H]1C. The van der Waals surface area contributed by atoms with E-state index in [1.165, 1.54) is 0 Å². The van der Waals surface area contributed by atoms with Crippen molar-refractivity contribution in [3.8, 4) is 5.75 Å². The molecule has 1 heterocycles. The molecule has 0 aromatic heterocycles. The first kappa shape index (κ1) is 15.6. The van der Waals surface area contributed by atoms with Gasteiger partial charge in [-0.05, 0) is 48.0 Å². The highest BCUT2D eigenvalue weighted by atomic mass is 79.9. The van der Waals surface area contributed by atoms with Crippen molar-refractivity contribution in [3.63, 3.8) is 0 Å². The van der Waals surface area contributed by atoms with Gasteiger partial charge in [0, 0.05) is 30.7 Å². The Kier molecular flexibility index (Phi) is 5.29. The van der Waals surface area contributed by atoms with Gasteiger partial charge in [-0.2, -0.15) is 0 Å². The second-order valence-electron chi connectivity index (χ2n) is 4.92. The van der Waals surface area contributed by atoms with Crippen LogP contribution < -0.4 is 10.1 Å². The summed E-state index contributed by atoms with van der Waals surface area (Å²) in [7, 11) is 0. The van der Waals surface area contributed by atoms with E-state index >= 15 is 0 Å². The Morgan fingerprint density at radius 2 is 2.35 bits per heavy atom. The van der Waals surface area contributed by atoms with Crippen molar-refractivity contribution in [2.24, 2.45) is 0 Å². The van der Waals surface area contributed by atoms with Gasteiger partial charge < -0.3 is 15.0 Å². The Morgan fingerprint density at radius 3 is 3.00 bits per heavy atom. The van der Waals surface area contributed by atoms with Gasteiger partial charge >= 0.3 is 0 Å². The van der Waals surface area contributed by atoms with Gasteiger partial charge in [0.1, 0.15) is 5.75 Å². The summed E-state index contributed by atoms with van der Waals surface area (Å²) >= 11 is 9.28. The van der Waals surface area contributed by atoms with Gasteiger partial charge in [0.05, 0.1) is 4.47 Å². The number of hydrogen-bond donors (Lipinski definition) is 1. The van der Waals surface area contributed by atoms with E-state index < -0.39 is 6.10 Å². The zero-order valence-electron chi connectivity index (χ0n) is 11.5. The molecule has 110 valence electrons. The second-order valence-corrected chi connectivity index (χ2v) is 6.21. The molecule has 4 nitrogen and oxygen atoms in total. The lowest BCUT2D eigenvalue weighted by molar-refractivity contribution is -0.140. The lowest BCUT2D eigenvalue weighted by atomic mass is 10.2. The van der Waals surface area contributed by atoms with Gasteiger partial charge in [0.25, 0.3) is 5.91 Å². The number of benzene rings is 1. The minimum absolute atomic E-state index is 0.0147. The first-order chi connectivity index (χ1) is 9.49. The maximum Gasteiger partial charge on any atom is 0.263 e. The van der Waals surface area contributed by atoms with Gasteiger partial charge in [-0.3, -0.25) is 4.79 Å². The second kappa shape index (κ2) is 6.78. The van der Waals surface area contributed by atoms with Crippen LogP contribution in [-0.2, 0) is 4.79 Å². The number of hydrogen-bond acceptors (Lipinski definition) is 3. The number of halogens is 2. The van der Waals surface area contributed by atoms with Crippen molar-refractivity contribution in [2.75, 3.05) is 19.6 Å². The topological polar surface area (TPSA) is 41.6 Å². The molecule has 1 aliphatic heterocycles. The van der Waals surface area contributed by atoms with Crippen LogP contribution in [0.3, 0.4) is 0 Å². The first-order valence-corrected chi connectivity index (χ1v) is 7.79. The summed E-state index contributed by atoms with van der Waals surface area (Å²) in [6, 6.07) is 5.45. The van der Waals surface area contributed by atoms with E-state index in [1.807, 2.05) is 11.8 Å². The molecule has 1 N–H and O–H groups in total. The number of piperazine rings is 1. The van der Waals surface area contributed by atoms with Crippen molar-refractivity contribution in [3.05, 3.63) is 27.7 Å².